The Morgan fingerprint density at radius 3 is 2.52 bits per heavy atom. The summed E-state index contributed by atoms with van der Waals surface area (Å²) in [7, 11) is 0. The predicted octanol–water partition coefficient (Wildman–Crippen LogP) is 1.41. The zero-order valence-corrected chi connectivity index (χ0v) is 11.0. The summed E-state index contributed by atoms with van der Waals surface area (Å²) in [5, 5.41) is 19.7. The number of amides is 2. The highest BCUT2D eigenvalue weighted by molar-refractivity contribution is 5.99. The molecule has 4 N–H and O–H groups in total. The lowest BCUT2D eigenvalue weighted by Crippen LogP contribution is -2.43. The second-order valence-corrected chi connectivity index (χ2v) is 4.24. The third kappa shape index (κ3) is 4.99. The van der Waals surface area contributed by atoms with Gasteiger partial charge in [-0.1, -0.05) is 0 Å². The molecular formula is C11H14F3N3O4. The van der Waals surface area contributed by atoms with Crippen molar-refractivity contribution in [3.63, 3.8) is 0 Å². The summed E-state index contributed by atoms with van der Waals surface area (Å²) in [6, 6.07) is 0.134. The van der Waals surface area contributed by atoms with Crippen LogP contribution in [0.2, 0.25) is 0 Å². The fourth-order valence-electron chi connectivity index (χ4n) is 1.64. The SMILES string of the molecule is Cc1cc(NC(=O)N(CCO)CC(F)(F)F)c(C(=O)O)[nH]1. The number of hydrogen-bond acceptors (Lipinski definition) is 3. The van der Waals surface area contributed by atoms with Crippen molar-refractivity contribution in [2.45, 2.75) is 13.1 Å². The maximum atomic E-state index is 12.3. The molecule has 0 aliphatic carbocycles. The van der Waals surface area contributed by atoms with E-state index < -0.39 is 37.9 Å². The van der Waals surface area contributed by atoms with E-state index in [0.717, 1.165) is 0 Å². The molecule has 0 fully saturated rings. The van der Waals surface area contributed by atoms with E-state index in [-0.39, 0.29) is 11.4 Å². The first kappa shape index (κ1) is 16.8. The van der Waals surface area contributed by atoms with Crippen LogP contribution in [-0.4, -0.2) is 58.0 Å². The standard InChI is InChI=1S/C11H14F3N3O4/c1-6-4-7(8(15-6)9(19)20)16-10(21)17(2-3-18)5-11(12,13)14/h4,15,18H,2-3,5H2,1H3,(H,16,21)(H,19,20). The molecule has 1 rings (SSSR count). The van der Waals surface area contributed by atoms with Crippen LogP contribution >= 0.6 is 0 Å². The molecule has 0 unspecified atom stereocenters. The quantitative estimate of drug-likeness (QED) is 0.660. The van der Waals surface area contributed by atoms with Crippen molar-refractivity contribution in [3.05, 3.63) is 17.5 Å². The van der Waals surface area contributed by atoms with E-state index in [4.69, 9.17) is 10.2 Å². The van der Waals surface area contributed by atoms with Crippen molar-refractivity contribution in [2.24, 2.45) is 0 Å². The van der Waals surface area contributed by atoms with Gasteiger partial charge >= 0.3 is 18.2 Å². The summed E-state index contributed by atoms with van der Waals surface area (Å²) in [4.78, 5) is 25.5. The van der Waals surface area contributed by atoms with Gasteiger partial charge < -0.3 is 25.4 Å². The Morgan fingerprint density at radius 1 is 1.43 bits per heavy atom. The number of aliphatic hydroxyl groups is 1. The number of aryl methyl sites for hydroxylation is 1. The molecule has 0 spiro atoms. The third-order valence-electron chi connectivity index (χ3n) is 2.44. The molecule has 1 aromatic rings. The average molecular weight is 309 g/mol. The smallest absolute Gasteiger partial charge is 0.406 e. The van der Waals surface area contributed by atoms with Crippen LogP contribution in [0, 0.1) is 6.92 Å². The maximum absolute atomic E-state index is 12.3. The number of carbonyl (C=O) groups excluding carboxylic acids is 1. The fourth-order valence-corrected chi connectivity index (χ4v) is 1.64. The first-order valence-corrected chi connectivity index (χ1v) is 5.80. The van der Waals surface area contributed by atoms with Gasteiger partial charge in [-0.2, -0.15) is 13.2 Å². The number of aliphatic hydroxyl groups excluding tert-OH is 1. The van der Waals surface area contributed by atoms with Crippen LogP contribution < -0.4 is 5.32 Å². The first-order chi connectivity index (χ1) is 9.64. The number of aromatic nitrogens is 1. The molecule has 0 aliphatic rings. The Morgan fingerprint density at radius 2 is 2.05 bits per heavy atom. The van der Waals surface area contributed by atoms with Crippen LogP contribution in [0.3, 0.4) is 0 Å². The number of aromatic carboxylic acids is 1. The fraction of sp³-hybridized carbons (Fsp3) is 0.455. The molecule has 0 radical (unpaired) electrons. The minimum atomic E-state index is -4.63. The van der Waals surface area contributed by atoms with Crippen LogP contribution in [0.4, 0.5) is 23.7 Å². The number of nitrogens with zero attached hydrogens (tertiary/aromatic N) is 1. The van der Waals surface area contributed by atoms with Crippen LogP contribution in [0.1, 0.15) is 16.2 Å². The number of nitrogens with one attached hydrogen (secondary N) is 2. The van der Waals surface area contributed by atoms with Crippen molar-refractivity contribution in [1.82, 2.24) is 9.88 Å². The minimum Gasteiger partial charge on any atom is -0.477 e. The van der Waals surface area contributed by atoms with E-state index in [1.807, 2.05) is 0 Å². The van der Waals surface area contributed by atoms with Gasteiger partial charge in [0.15, 0.2) is 0 Å². The van der Waals surface area contributed by atoms with Crippen molar-refractivity contribution in [2.75, 3.05) is 25.0 Å². The summed E-state index contributed by atoms with van der Waals surface area (Å²) >= 11 is 0. The number of alkyl halides is 3. The highest BCUT2D eigenvalue weighted by atomic mass is 19.4. The van der Waals surface area contributed by atoms with E-state index in [2.05, 4.69) is 10.3 Å². The lowest BCUT2D eigenvalue weighted by Gasteiger charge is -2.23. The van der Waals surface area contributed by atoms with Crippen LogP contribution in [0.5, 0.6) is 0 Å². The molecule has 0 aliphatic heterocycles. The largest absolute Gasteiger partial charge is 0.477 e. The number of hydrogen-bond donors (Lipinski definition) is 4. The number of H-pyrrole nitrogens is 1. The van der Waals surface area contributed by atoms with E-state index >= 15 is 0 Å². The van der Waals surface area contributed by atoms with Gasteiger partial charge in [-0.25, -0.2) is 9.59 Å². The van der Waals surface area contributed by atoms with Crippen molar-refractivity contribution in [1.29, 1.82) is 0 Å². The van der Waals surface area contributed by atoms with Gasteiger partial charge in [-0.05, 0) is 13.0 Å². The zero-order chi connectivity index (χ0) is 16.2. The number of aromatic amines is 1. The molecule has 1 aromatic heterocycles. The highest BCUT2D eigenvalue weighted by Gasteiger charge is 2.33. The molecule has 0 bridgehead atoms. The van der Waals surface area contributed by atoms with Gasteiger partial charge in [0.2, 0.25) is 0 Å². The summed E-state index contributed by atoms with van der Waals surface area (Å²) in [5.74, 6) is -1.36. The molecule has 21 heavy (non-hydrogen) atoms. The Bertz CT molecular complexity index is 527. The molecule has 118 valence electrons. The Balaban J connectivity index is 2.89. The topological polar surface area (TPSA) is 106 Å². The first-order valence-electron chi connectivity index (χ1n) is 5.80. The molecule has 10 heteroatoms. The van der Waals surface area contributed by atoms with Gasteiger partial charge in [-0.15, -0.1) is 0 Å². The van der Waals surface area contributed by atoms with Gasteiger partial charge in [0, 0.05) is 12.2 Å². The van der Waals surface area contributed by atoms with Crippen LogP contribution in [0.15, 0.2) is 6.07 Å². The van der Waals surface area contributed by atoms with E-state index in [0.29, 0.717) is 10.6 Å². The summed E-state index contributed by atoms with van der Waals surface area (Å²) in [6.07, 6.45) is -4.63. The van der Waals surface area contributed by atoms with Crippen LogP contribution in [-0.2, 0) is 0 Å². The predicted molar refractivity (Wildman–Crippen MR) is 66.2 cm³/mol. The minimum absolute atomic E-state index is 0.143. The third-order valence-corrected chi connectivity index (χ3v) is 2.44. The second-order valence-electron chi connectivity index (χ2n) is 4.24. The molecule has 0 saturated carbocycles. The molecule has 0 saturated heterocycles. The van der Waals surface area contributed by atoms with Gasteiger partial charge in [0.05, 0.1) is 12.3 Å². The van der Waals surface area contributed by atoms with E-state index in [1.165, 1.54) is 13.0 Å². The number of anilines is 1. The molecule has 0 atom stereocenters. The molecule has 0 aromatic carbocycles. The number of urea groups is 1. The van der Waals surface area contributed by atoms with Crippen molar-refractivity contribution >= 4 is 17.7 Å². The van der Waals surface area contributed by atoms with Gasteiger partial charge in [-0.3, -0.25) is 0 Å². The monoisotopic (exact) mass is 309 g/mol. The second kappa shape index (κ2) is 6.48. The highest BCUT2D eigenvalue weighted by Crippen LogP contribution is 2.20. The van der Waals surface area contributed by atoms with Gasteiger partial charge in [0.1, 0.15) is 12.2 Å². The van der Waals surface area contributed by atoms with Crippen LogP contribution in [0.25, 0.3) is 0 Å². The lowest BCUT2D eigenvalue weighted by atomic mass is 10.3. The Hall–Kier alpha value is -2.23. The maximum Gasteiger partial charge on any atom is 0.406 e. The summed E-state index contributed by atoms with van der Waals surface area (Å²) in [5.41, 5.74) is -0.0563. The number of rotatable bonds is 5. The molecule has 1 heterocycles. The van der Waals surface area contributed by atoms with Gasteiger partial charge in [0.25, 0.3) is 0 Å². The Kier molecular flexibility index (Phi) is 5.19. The molecule has 7 nitrogen and oxygen atoms in total. The van der Waals surface area contributed by atoms with E-state index in [1.54, 1.807) is 0 Å². The van der Waals surface area contributed by atoms with E-state index in [9.17, 15) is 22.8 Å². The zero-order valence-electron chi connectivity index (χ0n) is 11.0. The normalized spacial score (nSPS) is 11.3. The van der Waals surface area contributed by atoms with Crippen molar-refractivity contribution < 1.29 is 33.0 Å². The lowest BCUT2D eigenvalue weighted by molar-refractivity contribution is -0.140. The Labute approximate surface area is 117 Å². The number of carboxylic acid groups (broad SMARTS) is 1. The van der Waals surface area contributed by atoms with Crippen molar-refractivity contribution in [3.8, 4) is 0 Å². The molecule has 2 amide bonds. The summed E-state index contributed by atoms with van der Waals surface area (Å²) in [6.45, 7) is -1.20. The summed E-state index contributed by atoms with van der Waals surface area (Å²) < 4.78 is 37.0. The molecular weight excluding hydrogens is 295 g/mol. The number of carbonyl (C=O) groups is 2. The number of carboxylic acids is 1. The number of halogens is 3. The average Bonchev–Trinajstić information content (AvgIpc) is 2.68.